The third kappa shape index (κ3) is 3.35. The molecule has 0 saturated carbocycles. The summed E-state index contributed by atoms with van der Waals surface area (Å²) < 4.78 is 0. The van der Waals surface area contributed by atoms with Crippen molar-refractivity contribution >= 4 is 17.4 Å². The summed E-state index contributed by atoms with van der Waals surface area (Å²) in [5.74, 6) is 0. The van der Waals surface area contributed by atoms with Crippen LogP contribution >= 0.6 is 11.8 Å². The van der Waals surface area contributed by atoms with Crippen LogP contribution in [0.15, 0.2) is 52.3 Å². The summed E-state index contributed by atoms with van der Waals surface area (Å²) >= 11 is 1.62. The maximum atomic E-state index is 10.8. The van der Waals surface area contributed by atoms with Crippen LogP contribution in [0.5, 0.6) is 0 Å². The highest BCUT2D eigenvalue weighted by atomic mass is 32.2. The van der Waals surface area contributed by atoms with Gasteiger partial charge in [-0.2, -0.15) is 0 Å². The maximum Gasteiger partial charge on any atom is 0.272 e. The van der Waals surface area contributed by atoms with Gasteiger partial charge in [-0.1, -0.05) is 30.8 Å². The van der Waals surface area contributed by atoms with E-state index in [1.165, 1.54) is 5.56 Å². The van der Waals surface area contributed by atoms with Crippen molar-refractivity contribution in [2.45, 2.75) is 30.1 Å². The molecule has 0 spiro atoms. The summed E-state index contributed by atoms with van der Waals surface area (Å²) in [6, 6.07) is 13.6. The van der Waals surface area contributed by atoms with E-state index >= 15 is 0 Å². The first kappa shape index (κ1) is 13.6. The van der Waals surface area contributed by atoms with E-state index in [1.54, 1.807) is 30.8 Å². The van der Waals surface area contributed by atoms with Crippen LogP contribution in [0.4, 0.5) is 5.69 Å². The van der Waals surface area contributed by atoms with Gasteiger partial charge in [0.2, 0.25) is 0 Å². The topological polar surface area (TPSA) is 43.1 Å². The lowest BCUT2D eigenvalue weighted by atomic mass is 10.2. The van der Waals surface area contributed by atoms with E-state index in [4.69, 9.17) is 0 Å². The molecule has 0 amide bonds. The molecule has 2 aromatic rings. The highest BCUT2D eigenvalue weighted by molar-refractivity contribution is 7.99. The summed E-state index contributed by atoms with van der Waals surface area (Å²) in [6.07, 6.45) is 1.03. The molecule has 0 aliphatic carbocycles. The molecule has 4 heteroatoms. The van der Waals surface area contributed by atoms with E-state index in [9.17, 15) is 10.1 Å². The van der Waals surface area contributed by atoms with Crippen molar-refractivity contribution in [1.82, 2.24) is 0 Å². The van der Waals surface area contributed by atoms with Crippen LogP contribution in [-0.2, 0) is 6.42 Å². The van der Waals surface area contributed by atoms with Gasteiger partial charge in [-0.05, 0) is 43.2 Å². The van der Waals surface area contributed by atoms with Crippen LogP contribution in [0.1, 0.15) is 18.1 Å². The molecule has 19 heavy (non-hydrogen) atoms. The second kappa shape index (κ2) is 5.89. The van der Waals surface area contributed by atoms with E-state index in [-0.39, 0.29) is 10.6 Å². The molecule has 0 heterocycles. The lowest BCUT2D eigenvalue weighted by Gasteiger charge is -2.04. The van der Waals surface area contributed by atoms with Crippen LogP contribution in [0.25, 0.3) is 0 Å². The van der Waals surface area contributed by atoms with Gasteiger partial charge in [-0.25, -0.2) is 0 Å². The van der Waals surface area contributed by atoms with Gasteiger partial charge >= 0.3 is 0 Å². The average Bonchev–Trinajstić information content (AvgIpc) is 2.39. The zero-order chi connectivity index (χ0) is 13.8. The van der Waals surface area contributed by atoms with Crippen molar-refractivity contribution in [3.05, 3.63) is 63.7 Å². The monoisotopic (exact) mass is 273 g/mol. The molecule has 0 unspecified atom stereocenters. The number of hydrogen-bond acceptors (Lipinski definition) is 3. The first-order chi connectivity index (χ1) is 9.10. The highest BCUT2D eigenvalue weighted by Gasteiger charge is 2.10. The maximum absolute atomic E-state index is 10.8. The van der Waals surface area contributed by atoms with Crippen molar-refractivity contribution in [3.8, 4) is 0 Å². The lowest BCUT2D eigenvalue weighted by Crippen LogP contribution is -1.91. The average molecular weight is 273 g/mol. The number of nitro benzene ring substituents is 1. The Morgan fingerprint density at radius 2 is 1.74 bits per heavy atom. The van der Waals surface area contributed by atoms with Crippen LogP contribution in [0, 0.1) is 17.0 Å². The Morgan fingerprint density at radius 3 is 2.26 bits per heavy atom. The molecule has 0 atom stereocenters. The van der Waals surface area contributed by atoms with Gasteiger partial charge in [0.05, 0.1) is 4.92 Å². The Bertz CT molecular complexity index is 594. The number of aryl methyl sites for hydroxylation is 2. The third-order valence-corrected chi connectivity index (χ3v) is 3.93. The van der Waals surface area contributed by atoms with E-state index < -0.39 is 0 Å². The van der Waals surface area contributed by atoms with E-state index in [0.29, 0.717) is 5.56 Å². The largest absolute Gasteiger partial charge is 0.272 e. The quantitative estimate of drug-likeness (QED) is 0.603. The molecular weight excluding hydrogens is 258 g/mol. The molecule has 0 aliphatic rings. The third-order valence-electron chi connectivity index (χ3n) is 2.93. The van der Waals surface area contributed by atoms with Crippen LogP contribution in [-0.4, -0.2) is 4.92 Å². The van der Waals surface area contributed by atoms with Crippen LogP contribution < -0.4 is 0 Å². The summed E-state index contributed by atoms with van der Waals surface area (Å²) in [4.78, 5) is 12.6. The summed E-state index contributed by atoms with van der Waals surface area (Å²) in [7, 11) is 0. The minimum Gasteiger partial charge on any atom is -0.258 e. The molecule has 0 aliphatic heterocycles. The SMILES string of the molecule is CCc1ccc(Sc2ccc([N+](=O)[O-])c(C)c2)cc1. The minimum absolute atomic E-state index is 0.172. The molecule has 2 aromatic carbocycles. The first-order valence-electron chi connectivity index (χ1n) is 6.12. The molecule has 0 bridgehead atoms. The van der Waals surface area contributed by atoms with Crippen LogP contribution in [0.2, 0.25) is 0 Å². The Kier molecular flexibility index (Phi) is 4.22. The highest BCUT2D eigenvalue weighted by Crippen LogP contribution is 2.31. The molecule has 98 valence electrons. The Hall–Kier alpha value is -1.81. The molecule has 0 saturated heterocycles. The van der Waals surface area contributed by atoms with Crippen LogP contribution in [0.3, 0.4) is 0 Å². The molecule has 0 radical (unpaired) electrons. The van der Waals surface area contributed by atoms with Gasteiger partial charge < -0.3 is 0 Å². The Labute approximate surface area is 116 Å². The first-order valence-corrected chi connectivity index (χ1v) is 6.93. The standard InChI is InChI=1S/C15H15NO2S/c1-3-12-4-6-13(7-5-12)19-14-8-9-15(16(17)18)11(2)10-14/h4-10H,3H2,1-2H3. The zero-order valence-electron chi connectivity index (χ0n) is 10.9. The van der Waals surface area contributed by atoms with Crippen molar-refractivity contribution in [1.29, 1.82) is 0 Å². The number of nitrogens with zero attached hydrogens (tertiary/aromatic N) is 1. The number of rotatable bonds is 4. The lowest BCUT2D eigenvalue weighted by molar-refractivity contribution is -0.385. The summed E-state index contributed by atoms with van der Waals surface area (Å²) in [6.45, 7) is 3.89. The number of hydrogen-bond donors (Lipinski definition) is 0. The van der Waals surface area contributed by atoms with Gasteiger partial charge in [0, 0.05) is 21.4 Å². The molecule has 3 nitrogen and oxygen atoms in total. The number of nitro groups is 1. The molecule has 0 fully saturated rings. The Morgan fingerprint density at radius 1 is 1.11 bits per heavy atom. The number of benzene rings is 2. The molecular formula is C15H15NO2S. The minimum atomic E-state index is -0.347. The van der Waals surface area contributed by atoms with E-state index in [2.05, 4.69) is 31.2 Å². The predicted octanol–water partition coefficient (Wildman–Crippen LogP) is 4.62. The van der Waals surface area contributed by atoms with E-state index in [0.717, 1.165) is 16.2 Å². The van der Waals surface area contributed by atoms with E-state index in [1.807, 2.05) is 6.07 Å². The fourth-order valence-electron chi connectivity index (χ4n) is 1.83. The van der Waals surface area contributed by atoms with Crippen molar-refractivity contribution in [2.75, 3.05) is 0 Å². The zero-order valence-corrected chi connectivity index (χ0v) is 11.7. The smallest absolute Gasteiger partial charge is 0.258 e. The fourth-order valence-corrected chi connectivity index (χ4v) is 2.74. The molecule has 0 N–H and O–H groups in total. The fraction of sp³-hybridized carbons (Fsp3) is 0.200. The van der Waals surface area contributed by atoms with Gasteiger partial charge in [0.15, 0.2) is 0 Å². The van der Waals surface area contributed by atoms with Gasteiger partial charge in [0.1, 0.15) is 0 Å². The predicted molar refractivity (Wildman–Crippen MR) is 77.8 cm³/mol. The second-order valence-corrected chi connectivity index (χ2v) is 5.45. The molecule has 0 aromatic heterocycles. The van der Waals surface area contributed by atoms with Crippen molar-refractivity contribution < 1.29 is 4.92 Å². The summed E-state index contributed by atoms with van der Waals surface area (Å²) in [5, 5.41) is 10.8. The second-order valence-electron chi connectivity index (χ2n) is 4.30. The molecule has 2 rings (SSSR count). The van der Waals surface area contributed by atoms with Gasteiger partial charge in [0.25, 0.3) is 5.69 Å². The van der Waals surface area contributed by atoms with Gasteiger partial charge in [-0.15, -0.1) is 0 Å². The van der Waals surface area contributed by atoms with Crippen molar-refractivity contribution in [2.24, 2.45) is 0 Å². The summed E-state index contributed by atoms with van der Waals surface area (Å²) in [5.41, 5.74) is 2.18. The van der Waals surface area contributed by atoms with Gasteiger partial charge in [-0.3, -0.25) is 10.1 Å². The Balaban J connectivity index is 2.18. The normalized spacial score (nSPS) is 10.4. The van der Waals surface area contributed by atoms with Crippen molar-refractivity contribution in [3.63, 3.8) is 0 Å².